The summed E-state index contributed by atoms with van der Waals surface area (Å²) in [5, 5.41) is 14.2. The van der Waals surface area contributed by atoms with E-state index in [1.807, 2.05) is 6.08 Å². The number of hydrogen-bond donors (Lipinski definition) is 1. The number of unbranched alkanes of at least 4 members (excludes halogenated alkanes) is 3. The van der Waals surface area contributed by atoms with Gasteiger partial charge in [0.1, 0.15) is 0 Å². The summed E-state index contributed by atoms with van der Waals surface area (Å²) in [4.78, 5) is 0.948. The maximum atomic E-state index is 10.1. The summed E-state index contributed by atoms with van der Waals surface area (Å²) in [6.45, 7) is 7.86. The minimum atomic E-state index is -0.392. The predicted molar refractivity (Wildman–Crippen MR) is 72.2 cm³/mol. The highest BCUT2D eigenvalue weighted by molar-refractivity contribution is 7.05. The van der Waals surface area contributed by atoms with Crippen molar-refractivity contribution in [3.8, 4) is 0 Å². The number of aromatic nitrogens is 2. The van der Waals surface area contributed by atoms with E-state index in [0.717, 1.165) is 42.7 Å². The summed E-state index contributed by atoms with van der Waals surface area (Å²) in [5.74, 6) is 0.333. The maximum Gasteiger partial charge on any atom is 0.0917 e. The average Bonchev–Trinajstić information content (AvgIpc) is 2.77. The second-order valence-electron chi connectivity index (χ2n) is 4.62. The van der Waals surface area contributed by atoms with Crippen molar-refractivity contribution < 1.29 is 5.11 Å². The van der Waals surface area contributed by atoms with Crippen LogP contribution in [0.25, 0.3) is 0 Å². The van der Waals surface area contributed by atoms with Gasteiger partial charge in [0.2, 0.25) is 0 Å². The fraction of sp³-hybridized carbons (Fsp3) is 0.692. The summed E-state index contributed by atoms with van der Waals surface area (Å²) in [7, 11) is 0. The van der Waals surface area contributed by atoms with Crippen molar-refractivity contribution >= 4 is 11.5 Å². The molecule has 1 aromatic rings. The summed E-state index contributed by atoms with van der Waals surface area (Å²) in [6, 6.07) is 0. The molecule has 1 aromatic heterocycles. The molecule has 1 N–H and O–H groups in total. The van der Waals surface area contributed by atoms with Crippen molar-refractivity contribution in [2.24, 2.45) is 0 Å². The van der Waals surface area contributed by atoms with E-state index < -0.39 is 6.10 Å². The minimum Gasteiger partial charge on any atom is -0.387 e. The Balaban J connectivity index is 2.38. The third-order valence-corrected chi connectivity index (χ3v) is 3.62. The molecule has 0 amide bonds. The minimum absolute atomic E-state index is 0.333. The monoisotopic (exact) mass is 254 g/mol. The van der Waals surface area contributed by atoms with Crippen LogP contribution in [-0.4, -0.2) is 14.7 Å². The lowest BCUT2D eigenvalue weighted by molar-refractivity contribution is 0.165. The summed E-state index contributed by atoms with van der Waals surface area (Å²) >= 11 is 1.33. The van der Waals surface area contributed by atoms with Crippen LogP contribution in [0.2, 0.25) is 0 Å². The lowest BCUT2D eigenvalue weighted by Gasteiger charge is -2.10. The molecule has 1 unspecified atom stereocenters. The van der Waals surface area contributed by atoms with Crippen molar-refractivity contribution in [3.05, 3.63) is 23.2 Å². The first-order valence-corrected chi connectivity index (χ1v) is 7.05. The zero-order chi connectivity index (χ0) is 12.7. The first-order chi connectivity index (χ1) is 8.16. The Morgan fingerprint density at radius 2 is 2.12 bits per heavy atom. The molecular weight excluding hydrogens is 232 g/mol. The van der Waals surface area contributed by atoms with Crippen molar-refractivity contribution in [2.45, 2.75) is 58.0 Å². The van der Waals surface area contributed by atoms with Gasteiger partial charge in [0.25, 0.3) is 0 Å². The Hall–Kier alpha value is -0.740. The second kappa shape index (κ2) is 7.56. The predicted octanol–water partition coefficient (Wildman–Crippen LogP) is 3.83. The summed E-state index contributed by atoms with van der Waals surface area (Å²) in [6.07, 6.45) is 6.78. The molecule has 1 rings (SSSR count). The molecule has 17 heavy (non-hydrogen) atoms. The SMILES string of the molecule is C=CCCCCCC(O)c1snnc1C(C)C. The Labute approximate surface area is 108 Å². The molecule has 1 heterocycles. The molecular formula is C13H22N2OS. The van der Waals surface area contributed by atoms with Gasteiger partial charge in [-0.15, -0.1) is 11.7 Å². The lowest BCUT2D eigenvalue weighted by atomic mass is 10.0. The molecule has 0 radical (unpaired) electrons. The van der Waals surface area contributed by atoms with E-state index in [1.54, 1.807) is 0 Å². The highest BCUT2D eigenvalue weighted by Crippen LogP contribution is 2.29. The highest BCUT2D eigenvalue weighted by atomic mass is 32.1. The molecule has 1 atom stereocenters. The molecule has 0 fully saturated rings. The fourth-order valence-corrected chi connectivity index (χ4v) is 2.60. The molecule has 0 aliphatic heterocycles. The van der Waals surface area contributed by atoms with Crippen molar-refractivity contribution in [3.63, 3.8) is 0 Å². The van der Waals surface area contributed by atoms with Gasteiger partial charge in [0.15, 0.2) is 0 Å². The van der Waals surface area contributed by atoms with Crippen LogP contribution in [0.15, 0.2) is 12.7 Å². The number of allylic oxidation sites excluding steroid dienone is 1. The molecule has 0 aromatic carbocycles. The standard InChI is InChI=1S/C13H22N2OS/c1-4-5-6-7-8-9-11(16)13-12(10(2)3)14-15-17-13/h4,10-11,16H,1,5-9H2,2-3H3. The molecule has 0 aliphatic carbocycles. The van der Waals surface area contributed by atoms with E-state index in [-0.39, 0.29) is 0 Å². The van der Waals surface area contributed by atoms with Crippen LogP contribution in [0.1, 0.15) is 68.5 Å². The molecule has 96 valence electrons. The highest BCUT2D eigenvalue weighted by Gasteiger charge is 2.18. The van der Waals surface area contributed by atoms with Crippen molar-refractivity contribution in [1.29, 1.82) is 0 Å². The van der Waals surface area contributed by atoms with Gasteiger partial charge in [0.05, 0.1) is 16.7 Å². The Morgan fingerprint density at radius 3 is 2.76 bits per heavy atom. The van der Waals surface area contributed by atoms with Crippen LogP contribution in [0.5, 0.6) is 0 Å². The van der Waals surface area contributed by atoms with Crippen molar-refractivity contribution in [1.82, 2.24) is 9.59 Å². The van der Waals surface area contributed by atoms with E-state index >= 15 is 0 Å². The fourth-order valence-electron chi connectivity index (χ4n) is 1.77. The largest absolute Gasteiger partial charge is 0.387 e. The first kappa shape index (κ1) is 14.3. The quantitative estimate of drug-likeness (QED) is 0.566. The van der Waals surface area contributed by atoms with Crippen LogP contribution in [-0.2, 0) is 0 Å². The Morgan fingerprint density at radius 1 is 1.35 bits per heavy atom. The van der Waals surface area contributed by atoms with Gasteiger partial charge in [-0.2, -0.15) is 0 Å². The van der Waals surface area contributed by atoms with Crippen LogP contribution in [0, 0.1) is 0 Å². The van der Waals surface area contributed by atoms with E-state index in [9.17, 15) is 5.11 Å². The van der Waals surface area contributed by atoms with E-state index in [0.29, 0.717) is 5.92 Å². The number of hydrogen-bond acceptors (Lipinski definition) is 4. The topological polar surface area (TPSA) is 46.0 Å². The number of aliphatic hydroxyl groups excluding tert-OH is 1. The normalized spacial score (nSPS) is 12.9. The number of aliphatic hydroxyl groups is 1. The van der Waals surface area contributed by atoms with Crippen LogP contribution >= 0.6 is 11.5 Å². The van der Waals surface area contributed by atoms with Gasteiger partial charge < -0.3 is 5.11 Å². The molecule has 3 nitrogen and oxygen atoms in total. The van der Waals surface area contributed by atoms with Crippen LogP contribution in [0.4, 0.5) is 0 Å². The second-order valence-corrected chi connectivity index (χ2v) is 5.41. The molecule has 0 bridgehead atoms. The lowest BCUT2D eigenvalue weighted by Crippen LogP contribution is -2.01. The Kier molecular flexibility index (Phi) is 6.37. The van der Waals surface area contributed by atoms with Crippen LogP contribution in [0.3, 0.4) is 0 Å². The van der Waals surface area contributed by atoms with E-state index in [1.165, 1.54) is 11.5 Å². The first-order valence-electron chi connectivity index (χ1n) is 6.28. The zero-order valence-corrected chi connectivity index (χ0v) is 11.5. The Bertz CT molecular complexity index is 336. The molecule has 0 saturated carbocycles. The van der Waals surface area contributed by atoms with Gasteiger partial charge >= 0.3 is 0 Å². The van der Waals surface area contributed by atoms with Gasteiger partial charge in [-0.05, 0) is 36.7 Å². The van der Waals surface area contributed by atoms with Crippen molar-refractivity contribution in [2.75, 3.05) is 0 Å². The zero-order valence-electron chi connectivity index (χ0n) is 10.7. The molecule has 0 spiro atoms. The maximum absolute atomic E-state index is 10.1. The van der Waals surface area contributed by atoms with Crippen LogP contribution < -0.4 is 0 Å². The third kappa shape index (κ3) is 4.56. The molecule has 0 aliphatic rings. The van der Waals surface area contributed by atoms with Gasteiger partial charge in [-0.1, -0.05) is 37.3 Å². The molecule has 0 saturated heterocycles. The number of nitrogens with zero attached hydrogens (tertiary/aromatic N) is 2. The van der Waals surface area contributed by atoms with Gasteiger partial charge in [0, 0.05) is 0 Å². The van der Waals surface area contributed by atoms with E-state index in [2.05, 4.69) is 30.0 Å². The van der Waals surface area contributed by atoms with E-state index in [4.69, 9.17) is 0 Å². The third-order valence-electron chi connectivity index (χ3n) is 2.78. The summed E-state index contributed by atoms with van der Waals surface area (Å²) in [5.41, 5.74) is 0.952. The molecule has 4 heteroatoms. The van der Waals surface area contributed by atoms with Gasteiger partial charge in [-0.25, -0.2) is 0 Å². The average molecular weight is 254 g/mol. The summed E-state index contributed by atoms with van der Waals surface area (Å²) < 4.78 is 3.94. The van der Waals surface area contributed by atoms with Gasteiger partial charge in [-0.3, -0.25) is 0 Å². The number of rotatable bonds is 8. The smallest absolute Gasteiger partial charge is 0.0917 e.